The fourth-order valence-corrected chi connectivity index (χ4v) is 3.86. The normalized spacial score (nSPS) is 28.3. The van der Waals surface area contributed by atoms with Gasteiger partial charge in [0, 0.05) is 18.8 Å². The molecule has 3 rings (SSSR count). The van der Waals surface area contributed by atoms with Crippen LogP contribution in [0.15, 0.2) is 18.2 Å². The Hall–Kier alpha value is -1.02. The van der Waals surface area contributed by atoms with Crippen LogP contribution in [0.25, 0.3) is 0 Å². The van der Waals surface area contributed by atoms with Gasteiger partial charge in [-0.15, -0.1) is 0 Å². The van der Waals surface area contributed by atoms with Crippen molar-refractivity contribution in [2.75, 3.05) is 24.5 Å². The van der Waals surface area contributed by atoms with Gasteiger partial charge in [-0.2, -0.15) is 0 Å². The monoisotopic (exact) mass is 244 g/mol. The number of hydrogen-bond acceptors (Lipinski definition) is 2. The minimum absolute atomic E-state index is 0.395. The molecule has 98 valence electrons. The van der Waals surface area contributed by atoms with Crippen LogP contribution in [0.1, 0.15) is 37.8 Å². The van der Waals surface area contributed by atoms with Gasteiger partial charge in [-0.1, -0.05) is 26.0 Å². The number of hydrogen-bond donors (Lipinski definition) is 1. The molecule has 2 unspecified atom stereocenters. The number of nitrogens with zero attached hydrogens (tertiary/aromatic N) is 1. The first kappa shape index (κ1) is 12.0. The summed E-state index contributed by atoms with van der Waals surface area (Å²) >= 11 is 0. The Labute approximate surface area is 110 Å². The predicted molar refractivity (Wildman–Crippen MR) is 77.1 cm³/mol. The first-order valence-electron chi connectivity index (χ1n) is 7.17. The molecule has 0 saturated heterocycles. The molecule has 1 aromatic carbocycles. The van der Waals surface area contributed by atoms with Gasteiger partial charge in [-0.3, -0.25) is 0 Å². The van der Waals surface area contributed by atoms with E-state index in [1.807, 2.05) is 0 Å². The summed E-state index contributed by atoms with van der Waals surface area (Å²) in [7, 11) is 0. The second-order valence-corrected chi connectivity index (χ2v) is 6.36. The number of benzene rings is 1. The molecule has 18 heavy (non-hydrogen) atoms. The molecule has 0 amide bonds. The van der Waals surface area contributed by atoms with Crippen LogP contribution in [-0.4, -0.2) is 19.6 Å². The van der Waals surface area contributed by atoms with E-state index in [0.29, 0.717) is 17.3 Å². The lowest BCUT2D eigenvalue weighted by atomic mass is 10.00. The van der Waals surface area contributed by atoms with Gasteiger partial charge in [-0.25, -0.2) is 0 Å². The lowest BCUT2D eigenvalue weighted by Gasteiger charge is -2.16. The molecule has 1 heterocycles. The first-order chi connectivity index (χ1) is 8.59. The van der Waals surface area contributed by atoms with Crippen molar-refractivity contribution in [1.82, 2.24) is 0 Å². The quantitative estimate of drug-likeness (QED) is 0.886. The molecule has 0 spiro atoms. The molecule has 2 aliphatic rings. The van der Waals surface area contributed by atoms with Gasteiger partial charge < -0.3 is 10.6 Å². The highest BCUT2D eigenvalue weighted by Crippen LogP contribution is 2.64. The Morgan fingerprint density at radius 2 is 2.17 bits per heavy atom. The van der Waals surface area contributed by atoms with E-state index < -0.39 is 0 Å². The van der Waals surface area contributed by atoms with Gasteiger partial charge in [0.2, 0.25) is 0 Å². The zero-order chi connectivity index (χ0) is 12.9. The van der Waals surface area contributed by atoms with Crippen molar-refractivity contribution in [2.24, 2.45) is 17.1 Å². The Bertz CT molecular complexity index is 464. The van der Waals surface area contributed by atoms with Gasteiger partial charge in [0.15, 0.2) is 0 Å². The van der Waals surface area contributed by atoms with Crippen molar-refractivity contribution in [3.63, 3.8) is 0 Å². The molecule has 0 aromatic heterocycles. The van der Waals surface area contributed by atoms with Crippen LogP contribution in [0.2, 0.25) is 0 Å². The molecule has 1 fully saturated rings. The third-order valence-electron chi connectivity index (χ3n) is 5.14. The van der Waals surface area contributed by atoms with E-state index in [4.69, 9.17) is 5.73 Å². The summed E-state index contributed by atoms with van der Waals surface area (Å²) in [5.41, 5.74) is 10.8. The SMILES string of the molecule is CCN1CCc2cc(C3C(CN)C3(C)C)ccc21. The summed E-state index contributed by atoms with van der Waals surface area (Å²) < 4.78 is 0. The van der Waals surface area contributed by atoms with Crippen molar-refractivity contribution in [2.45, 2.75) is 33.1 Å². The van der Waals surface area contributed by atoms with E-state index in [1.165, 1.54) is 29.8 Å². The van der Waals surface area contributed by atoms with E-state index in [0.717, 1.165) is 13.1 Å². The fourth-order valence-electron chi connectivity index (χ4n) is 3.86. The Kier molecular flexibility index (Phi) is 2.67. The average molecular weight is 244 g/mol. The van der Waals surface area contributed by atoms with Crippen molar-refractivity contribution >= 4 is 5.69 Å². The highest BCUT2D eigenvalue weighted by atomic mass is 15.1. The maximum atomic E-state index is 5.89. The van der Waals surface area contributed by atoms with E-state index in [1.54, 1.807) is 0 Å². The summed E-state index contributed by atoms with van der Waals surface area (Å²) in [6, 6.07) is 7.09. The lowest BCUT2D eigenvalue weighted by Crippen LogP contribution is -2.18. The summed E-state index contributed by atoms with van der Waals surface area (Å²) in [6.45, 7) is 10.0. The Morgan fingerprint density at radius 1 is 1.39 bits per heavy atom. The fraction of sp³-hybridized carbons (Fsp3) is 0.625. The predicted octanol–water partition coefficient (Wildman–Crippen LogP) is 2.77. The second kappa shape index (κ2) is 3.99. The van der Waals surface area contributed by atoms with Crippen LogP contribution in [-0.2, 0) is 6.42 Å². The molecule has 0 bridgehead atoms. The topological polar surface area (TPSA) is 29.3 Å². The zero-order valence-electron chi connectivity index (χ0n) is 11.7. The minimum Gasteiger partial charge on any atom is -0.371 e. The van der Waals surface area contributed by atoms with E-state index >= 15 is 0 Å². The molecule has 2 atom stereocenters. The smallest absolute Gasteiger partial charge is 0.0399 e. The summed E-state index contributed by atoms with van der Waals surface area (Å²) in [6.07, 6.45) is 1.21. The number of fused-ring (bicyclic) bond motifs is 1. The van der Waals surface area contributed by atoms with Crippen LogP contribution in [0.4, 0.5) is 5.69 Å². The first-order valence-corrected chi connectivity index (χ1v) is 7.17. The maximum absolute atomic E-state index is 5.89. The third-order valence-corrected chi connectivity index (χ3v) is 5.14. The minimum atomic E-state index is 0.395. The molecule has 1 saturated carbocycles. The molecular weight excluding hydrogens is 220 g/mol. The Morgan fingerprint density at radius 3 is 2.78 bits per heavy atom. The van der Waals surface area contributed by atoms with Crippen molar-refractivity contribution in [3.05, 3.63) is 29.3 Å². The number of rotatable bonds is 3. The molecule has 1 aliphatic heterocycles. The molecule has 2 heteroatoms. The molecule has 1 aliphatic carbocycles. The lowest BCUT2D eigenvalue weighted by molar-refractivity contribution is 0.558. The summed E-state index contributed by atoms with van der Waals surface area (Å²) in [5.74, 6) is 1.34. The molecule has 2 nitrogen and oxygen atoms in total. The average Bonchev–Trinajstić information content (AvgIpc) is 2.72. The second-order valence-electron chi connectivity index (χ2n) is 6.36. The summed E-state index contributed by atoms with van der Waals surface area (Å²) in [4.78, 5) is 2.47. The Balaban J connectivity index is 1.89. The van der Waals surface area contributed by atoms with Crippen molar-refractivity contribution in [1.29, 1.82) is 0 Å². The zero-order valence-corrected chi connectivity index (χ0v) is 11.7. The number of nitrogens with two attached hydrogens (primary N) is 1. The largest absolute Gasteiger partial charge is 0.371 e. The van der Waals surface area contributed by atoms with Gasteiger partial charge in [0.1, 0.15) is 0 Å². The van der Waals surface area contributed by atoms with Crippen molar-refractivity contribution in [3.8, 4) is 0 Å². The van der Waals surface area contributed by atoms with Gasteiger partial charge >= 0.3 is 0 Å². The summed E-state index contributed by atoms with van der Waals surface area (Å²) in [5, 5.41) is 0. The van der Waals surface area contributed by atoms with Crippen LogP contribution in [0.3, 0.4) is 0 Å². The van der Waals surface area contributed by atoms with E-state index in [9.17, 15) is 0 Å². The van der Waals surface area contributed by atoms with Crippen molar-refractivity contribution < 1.29 is 0 Å². The van der Waals surface area contributed by atoms with Crippen LogP contribution >= 0.6 is 0 Å². The van der Waals surface area contributed by atoms with Gasteiger partial charge in [0.05, 0.1) is 0 Å². The van der Waals surface area contributed by atoms with Gasteiger partial charge in [0.25, 0.3) is 0 Å². The standard InChI is InChI=1S/C16H24N2/c1-4-18-8-7-11-9-12(5-6-14(11)18)15-13(10-17)16(15,2)3/h5-6,9,13,15H,4,7-8,10,17H2,1-3H3. The maximum Gasteiger partial charge on any atom is 0.0399 e. The molecule has 0 radical (unpaired) electrons. The molecular formula is C16H24N2. The van der Waals surface area contributed by atoms with E-state index in [-0.39, 0.29) is 0 Å². The van der Waals surface area contributed by atoms with Crippen LogP contribution < -0.4 is 10.6 Å². The van der Waals surface area contributed by atoms with E-state index in [2.05, 4.69) is 43.9 Å². The van der Waals surface area contributed by atoms with Crippen LogP contribution in [0, 0.1) is 11.3 Å². The third kappa shape index (κ3) is 1.58. The van der Waals surface area contributed by atoms with Gasteiger partial charge in [-0.05, 0) is 54.3 Å². The van der Waals surface area contributed by atoms with Crippen LogP contribution in [0.5, 0.6) is 0 Å². The highest BCUT2D eigenvalue weighted by Gasteiger charge is 2.57. The number of likely N-dealkylation sites (N-methyl/N-ethyl adjacent to an activating group) is 1. The molecule has 1 aromatic rings. The highest BCUT2D eigenvalue weighted by molar-refractivity contribution is 5.60. The number of anilines is 1. The molecule has 2 N–H and O–H groups in total.